The Morgan fingerprint density at radius 1 is 0.886 bits per heavy atom. The van der Waals surface area contributed by atoms with Crippen LogP contribution in [0.1, 0.15) is 19.7 Å². The lowest BCUT2D eigenvalue weighted by Crippen LogP contribution is -2.14. The summed E-state index contributed by atoms with van der Waals surface area (Å²) >= 11 is 0. The Morgan fingerprint density at radius 3 is 2.26 bits per heavy atom. The van der Waals surface area contributed by atoms with Gasteiger partial charge >= 0.3 is 0 Å². The van der Waals surface area contributed by atoms with Gasteiger partial charge in [0, 0.05) is 30.2 Å². The van der Waals surface area contributed by atoms with Crippen LogP contribution in [-0.2, 0) is 10.0 Å². The zero-order valence-corrected chi connectivity index (χ0v) is 20.5. The lowest BCUT2D eigenvalue weighted by molar-refractivity contribution is 0.322. The van der Waals surface area contributed by atoms with E-state index in [0.29, 0.717) is 47.9 Å². The molecule has 0 saturated heterocycles. The molecule has 2 heterocycles. The lowest BCUT2D eigenvalue weighted by atomic mass is 10.3. The zero-order valence-electron chi connectivity index (χ0n) is 19.6. The highest BCUT2D eigenvalue weighted by molar-refractivity contribution is 7.92. The molecule has 0 spiro atoms. The fraction of sp³-hybridized carbons (Fsp3) is 0.200. The number of ether oxygens (including phenoxy) is 3. The van der Waals surface area contributed by atoms with Crippen LogP contribution in [-0.4, -0.2) is 36.2 Å². The monoisotopic (exact) mass is 494 g/mol. The SMILES string of the molecule is CCOc1ccc(OCC)c(S(=O)(=O)Nc2ccc(Oc3cc(-n4cccc4)nc(C)n3)cc2)c1. The minimum absolute atomic E-state index is 0.000344. The second-order valence-electron chi connectivity index (χ2n) is 7.41. The number of anilines is 1. The fourth-order valence-corrected chi connectivity index (χ4v) is 4.57. The summed E-state index contributed by atoms with van der Waals surface area (Å²) in [5, 5.41) is 0. The van der Waals surface area contributed by atoms with Crippen LogP contribution >= 0.6 is 0 Å². The Bertz CT molecular complexity index is 1390. The van der Waals surface area contributed by atoms with Crippen molar-refractivity contribution in [1.29, 1.82) is 0 Å². The number of hydrogen-bond donors (Lipinski definition) is 1. The van der Waals surface area contributed by atoms with E-state index in [1.807, 2.05) is 36.0 Å². The van der Waals surface area contributed by atoms with E-state index < -0.39 is 10.0 Å². The summed E-state index contributed by atoms with van der Waals surface area (Å²) in [5.74, 6) is 2.82. The molecule has 0 amide bonds. The average molecular weight is 495 g/mol. The maximum absolute atomic E-state index is 13.1. The van der Waals surface area contributed by atoms with Gasteiger partial charge in [0.2, 0.25) is 5.88 Å². The molecule has 4 aromatic rings. The van der Waals surface area contributed by atoms with Crippen molar-refractivity contribution < 1.29 is 22.6 Å². The maximum Gasteiger partial charge on any atom is 0.265 e. The van der Waals surface area contributed by atoms with Crippen molar-refractivity contribution in [2.75, 3.05) is 17.9 Å². The molecule has 0 aliphatic rings. The first-order chi connectivity index (χ1) is 16.9. The van der Waals surface area contributed by atoms with E-state index in [4.69, 9.17) is 14.2 Å². The van der Waals surface area contributed by atoms with E-state index >= 15 is 0 Å². The van der Waals surface area contributed by atoms with E-state index in [1.54, 1.807) is 56.3 Å². The third kappa shape index (κ3) is 5.90. The fourth-order valence-electron chi connectivity index (χ4n) is 3.35. The van der Waals surface area contributed by atoms with Crippen molar-refractivity contribution in [3.8, 4) is 28.9 Å². The minimum Gasteiger partial charge on any atom is -0.494 e. The molecule has 10 heteroatoms. The third-order valence-electron chi connectivity index (χ3n) is 4.81. The molecule has 0 aliphatic heterocycles. The number of hydrogen-bond acceptors (Lipinski definition) is 7. The number of nitrogens with one attached hydrogen (secondary N) is 1. The molecular weight excluding hydrogens is 468 g/mol. The Balaban J connectivity index is 1.52. The Morgan fingerprint density at radius 2 is 1.57 bits per heavy atom. The summed E-state index contributed by atoms with van der Waals surface area (Å²) in [7, 11) is -3.93. The smallest absolute Gasteiger partial charge is 0.265 e. The average Bonchev–Trinajstić information content (AvgIpc) is 3.36. The van der Waals surface area contributed by atoms with Crippen LogP contribution in [0.4, 0.5) is 5.69 Å². The summed E-state index contributed by atoms with van der Waals surface area (Å²) < 4.78 is 47.5. The molecule has 2 aromatic heterocycles. The van der Waals surface area contributed by atoms with Crippen molar-refractivity contribution >= 4 is 15.7 Å². The Kier molecular flexibility index (Phi) is 7.21. The molecule has 0 aliphatic carbocycles. The van der Waals surface area contributed by atoms with E-state index in [-0.39, 0.29) is 10.6 Å². The van der Waals surface area contributed by atoms with Gasteiger partial charge in [0.15, 0.2) is 0 Å². The maximum atomic E-state index is 13.1. The molecule has 0 radical (unpaired) electrons. The molecule has 1 N–H and O–H groups in total. The summed E-state index contributed by atoms with van der Waals surface area (Å²) in [6.07, 6.45) is 3.76. The first-order valence-corrected chi connectivity index (χ1v) is 12.6. The van der Waals surface area contributed by atoms with Gasteiger partial charge in [-0.2, -0.15) is 4.98 Å². The van der Waals surface area contributed by atoms with Crippen molar-refractivity contribution in [3.05, 3.63) is 78.9 Å². The second-order valence-corrected chi connectivity index (χ2v) is 9.06. The number of rotatable bonds is 10. The van der Waals surface area contributed by atoms with Crippen molar-refractivity contribution in [2.45, 2.75) is 25.7 Å². The summed E-state index contributed by atoms with van der Waals surface area (Å²) in [5.41, 5.74) is 0.369. The molecule has 4 rings (SSSR count). The number of nitrogens with zero attached hydrogens (tertiary/aromatic N) is 3. The van der Waals surface area contributed by atoms with Crippen LogP contribution in [0.15, 0.2) is 78.0 Å². The molecule has 0 fully saturated rings. The lowest BCUT2D eigenvalue weighted by Gasteiger charge is -2.14. The molecule has 0 saturated carbocycles. The van der Waals surface area contributed by atoms with Crippen molar-refractivity contribution in [1.82, 2.24) is 14.5 Å². The van der Waals surface area contributed by atoms with E-state index in [0.717, 1.165) is 0 Å². The highest BCUT2D eigenvalue weighted by Gasteiger charge is 2.21. The molecule has 0 atom stereocenters. The van der Waals surface area contributed by atoms with Gasteiger partial charge < -0.3 is 18.8 Å². The highest BCUT2D eigenvalue weighted by Crippen LogP contribution is 2.31. The van der Waals surface area contributed by atoms with Crippen LogP contribution in [0.25, 0.3) is 5.82 Å². The number of aromatic nitrogens is 3. The second kappa shape index (κ2) is 10.5. The standard InChI is InChI=1S/C25H26N4O5S/c1-4-32-21-12-13-22(33-5-2)23(16-21)35(30,31)28-19-8-10-20(11-9-19)34-25-17-24(26-18(3)27-25)29-14-6-7-15-29/h6-17,28H,4-5H2,1-3H3. The van der Waals surface area contributed by atoms with Crippen molar-refractivity contribution in [3.63, 3.8) is 0 Å². The minimum atomic E-state index is -3.93. The van der Waals surface area contributed by atoms with Crippen LogP contribution in [0.3, 0.4) is 0 Å². The molecule has 0 unspecified atom stereocenters. The topological polar surface area (TPSA) is 105 Å². The normalized spacial score (nSPS) is 11.2. The molecule has 2 aromatic carbocycles. The van der Waals surface area contributed by atoms with Crippen LogP contribution in [0.5, 0.6) is 23.1 Å². The van der Waals surface area contributed by atoms with Gasteiger partial charge in [0.25, 0.3) is 10.0 Å². The summed E-state index contributed by atoms with van der Waals surface area (Å²) in [6.45, 7) is 6.16. The van der Waals surface area contributed by atoms with Gasteiger partial charge in [-0.15, -0.1) is 0 Å². The quantitative estimate of drug-likeness (QED) is 0.332. The Labute approximate surface area is 204 Å². The van der Waals surface area contributed by atoms with Gasteiger partial charge in [0.1, 0.15) is 33.8 Å². The zero-order chi connectivity index (χ0) is 24.8. The van der Waals surface area contributed by atoms with E-state index in [9.17, 15) is 8.42 Å². The van der Waals surface area contributed by atoms with Crippen LogP contribution in [0.2, 0.25) is 0 Å². The van der Waals surface area contributed by atoms with Gasteiger partial charge in [-0.05, 0) is 69.3 Å². The molecule has 182 valence electrons. The van der Waals surface area contributed by atoms with Gasteiger partial charge in [0.05, 0.1) is 13.2 Å². The third-order valence-corrected chi connectivity index (χ3v) is 6.22. The molecule has 35 heavy (non-hydrogen) atoms. The predicted molar refractivity (Wildman–Crippen MR) is 132 cm³/mol. The van der Waals surface area contributed by atoms with Crippen LogP contribution < -0.4 is 18.9 Å². The van der Waals surface area contributed by atoms with Gasteiger partial charge in [-0.3, -0.25) is 4.72 Å². The summed E-state index contributed by atoms with van der Waals surface area (Å²) in [6, 6.07) is 16.8. The largest absolute Gasteiger partial charge is 0.494 e. The number of aryl methyl sites for hydroxylation is 1. The highest BCUT2D eigenvalue weighted by atomic mass is 32.2. The van der Waals surface area contributed by atoms with Gasteiger partial charge in [-0.1, -0.05) is 0 Å². The van der Waals surface area contributed by atoms with Gasteiger partial charge in [-0.25, -0.2) is 13.4 Å². The van der Waals surface area contributed by atoms with Crippen LogP contribution in [0, 0.1) is 6.92 Å². The molecular formula is C25H26N4O5S. The first kappa shape index (κ1) is 24.1. The van der Waals surface area contributed by atoms with E-state index in [2.05, 4.69) is 14.7 Å². The first-order valence-electron chi connectivity index (χ1n) is 11.1. The Hall–Kier alpha value is -4.05. The number of benzene rings is 2. The summed E-state index contributed by atoms with van der Waals surface area (Å²) in [4.78, 5) is 8.74. The number of sulfonamides is 1. The molecule has 9 nitrogen and oxygen atoms in total. The molecule has 0 bridgehead atoms. The van der Waals surface area contributed by atoms with E-state index in [1.165, 1.54) is 6.07 Å². The van der Waals surface area contributed by atoms with Crippen molar-refractivity contribution in [2.24, 2.45) is 0 Å². The predicted octanol–water partition coefficient (Wildman–Crippen LogP) is 4.97.